The van der Waals surface area contributed by atoms with Gasteiger partial charge >= 0.3 is 0 Å². The number of sulfonamides is 1. The number of nitrogens with zero attached hydrogens (tertiary/aromatic N) is 2. The van der Waals surface area contributed by atoms with Crippen molar-refractivity contribution in [3.8, 4) is 0 Å². The van der Waals surface area contributed by atoms with E-state index in [4.69, 9.17) is 16.3 Å². The number of aryl methyl sites for hydroxylation is 1. The number of thiophene rings is 1. The molecule has 1 aliphatic rings. The van der Waals surface area contributed by atoms with E-state index in [2.05, 4.69) is 10.2 Å². The molecule has 2 heterocycles. The molecule has 1 N–H and O–H groups in total. The summed E-state index contributed by atoms with van der Waals surface area (Å²) >= 11 is 6.78. The van der Waals surface area contributed by atoms with E-state index in [0.29, 0.717) is 23.2 Å². The number of carbonyl (C=O) groups is 1. The maximum Gasteiger partial charge on any atom is 0.252 e. The molecule has 0 bridgehead atoms. The second-order valence-corrected chi connectivity index (χ2v) is 10.5. The lowest BCUT2D eigenvalue weighted by molar-refractivity contribution is -0.116. The molecule has 1 saturated heterocycles. The highest BCUT2D eigenvalue weighted by molar-refractivity contribution is 7.91. The number of ether oxygens (including phenoxy) is 1. The molecule has 0 unspecified atom stereocenters. The molecule has 0 atom stereocenters. The van der Waals surface area contributed by atoms with Gasteiger partial charge in [-0.15, -0.1) is 11.3 Å². The number of halogens is 1. The minimum Gasteiger partial charge on any atom is -0.378 e. The van der Waals surface area contributed by atoms with Crippen LogP contribution in [0.25, 0.3) is 0 Å². The first-order chi connectivity index (χ1) is 13.3. The second kappa shape index (κ2) is 8.79. The summed E-state index contributed by atoms with van der Waals surface area (Å²) in [5.74, 6) is -0.407. The number of hydrogen-bond acceptors (Lipinski definition) is 6. The molecule has 0 spiro atoms. The van der Waals surface area contributed by atoms with Crippen LogP contribution in [0.3, 0.4) is 0 Å². The van der Waals surface area contributed by atoms with Gasteiger partial charge < -0.3 is 15.0 Å². The van der Waals surface area contributed by atoms with Crippen LogP contribution in [0.15, 0.2) is 34.5 Å². The van der Waals surface area contributed by atoms with E-state index in [1.54, 1.807) is 0 Å². The molecule has 3 rings (SSSR count). The van der Waals surface area contributed by atoms with Crippen LogP contribution < -0.4 is 10.2 Å². The van der Waals surface area contributed by atoms with Crippen molar-refractivity contribution in [1.29, 1.82) is 0 Å². The van der Waals surface area contributed by atoms with Crippen LogP contribution in [0, 0.1) is 6.92 Å². The molecular weight excluding hydrogens is 422 g/mol. The van der Waals surface area contributed by atoms with Crippen LogP contribution in [0.4, 0.5) is 11.4 Å². The monoisotopic (exact) mass is 443 g/mol. The summed E-state index contributed by atoms with van der Waals surface area (Å²) in [4.78, 5) is 14.6. The number of hydrogen-bond donors (Lipinski definition) is 1. The first-order valence-corrected chi connectivity index (χ1v) is 11.4. The van der Waals surface area contributed by atoms with Crippen molar-refractivity contribution in [2.75, 3.05) is 50.1 Å². The van der Waals surface area contributed by atoms with Gasteiger partial charge in [0.1, 0.15) is 4.21 Å². The summed E-state index contributed by atoms with van der Waals surface area (Å²) in [7, 11) is -2.38. The highest BCUT2D eigenvalue weighted by Gasteiger charge is 2.25. The van der Waals surface area contributed by atoms with Crippen molar-refractivity contribution in [1.82, 2.24) is 4.31 Å². The third-order valence-corrected chi connectivity index (χ3v) is 7.94. The molecule has 1 fully saturated rings. The SMILES string of the molecule is Cc1cc(N2CCOCC2)ccc1NC(=O)CN(C)S(=O)(=O)c1ccc(Cl)s1. The Bertz CT molecular complexity index is 955. The first kappa shape index (κ1) is 21.1. The molecule has 1 aromatic carbocycles. The molecule has 0 saturated carbocycles. The average molecular weight is 444 g/mol. The Morgan fingerprint density at radius 1 is 1.29 bits per heavy atom. The van der Waals surface area contributed by atoms with E-state index in [1.807, 2.05) is 25.1 Å². The highest BCUT2D eigenvalue weighted by Crippen LogP contribution is 2.28. The third kappa shape index (κ3) is 4.84. The molecule has 10 heteroatoms. The fourth-order valence-electron chi connectivity index (χ4n) is 2.87. The van der Waals surface area contributed by atoms with Crippen molar-refractivity contribution >= 4 is 50.2 Å². The summed E-state index contributed by atoms with van der Waals surface area (Å²) in [5.41, 5.74) is 2.65. The standard InChI is InChI=1S/C18H22ClN3O4S2/c1-13-11-14(22-7-9-26-10-8-22)3-4-15(13)20-17(23)12-21(2)28(24,25)18-6-5-16(19)27-18/h3-6,11H,7-10,12H2,1-2H3,(H,20,23). The van der Waals surface area contributed by atoms with Crippen molar-refractivity contribution in [3.05, 3.63) is 40.2 Å². The van der Waals surface area contributed by atoms with Crippen LogP contribution in [0.5, 0.6) is 0 Å². The van der Waals surface area contributed by atoms with Crippen molar-refractivity contribution < 1.29 is 17.9 Å². The van der Waals surface area contributed by atoms with Gasteiger partial charge in [0.05, 0.1) is 24.1 Å². The Morgan fingerprint density at radius 3 is 2.61 bits per heavy atom. The number of morpholine rings is 1. The molecule has 2 aromatic rings. The van der Waals surface area contributed by atoms with Crippen molar-refractivity contribution in [2.24, 2.45) is 0 Å². The Labute approximate surface area is 173 Å². The fourth-order valence-corrected chi connectivity index (χ4v) is 5.69. The van der Waals surface area contributed by atoms with Crippen LogP contribution in [0.1, 0.15) is 5.56 Å². The number of carbonyl (C=O) groups excluding carboxylic acids is 1. The van der Waals surface area contributed by atoms with Gasteiger partial charge in [-0.1, -0.05) is 11.6 Å². The van der Waals surface area contributed by atoms with Gasteiger partial charge in [-0.2, -0.15) is 4.31 Å². The molecule has 1 aromatic heterocycles. The lowest BCUT2D eigenvalue weighted by Crippen LogP contribution is -2.36. The maximum atomic E-state index is 12.5. The van der Waals surface area contributed by atoms with Crippen LogP contribution in [-0.4, -0.2) is 58.5 Å². The molecule has 1 aliphatic heterocycles. The van der Waals surface area contributed by atoms with E-state index in [-0.39, 0.29) is 10.8 Å². The molecule has 28 heavy (non-hydrogen) atoms. The Balaban J connectivity index is 1.64. The molecule has 0 aliphatic carbocycles. The van der Waals surface area contributed by atoms with Gasteiger partial charge in [0.25, 0.3) is 10.0 Å². The summed E-state index contributed by atoms with van der Waals surface area (Å²) < 4.78 is 31.9. The number of likely N-dealkylation sites (N-methyl/N-ethyl adjacent to an activating group) is 1. The number of benzene rings is 1. The number of nitrogens with one attached hydrogen (secondary N) is 1. The minimum atomic E-state index is -3.75. The van der Waals surface area contributed by atoms with Gasteiger partial charge in [0, 0.05) is 31.5 Å². The predicted molar refractivity (Wildman–Crippen MR) is 112 cm³/mol. The van der Waals surface area contributed by atoms with Crippen LogP contribution in [0.2, 0.25) is 4.34 Å². The molecule has 1 amide bonds. The largest absolute Gasteiger partial charge is 0.378 e. The highest BCUT2D eigenvalue weighted by atomic mass is 35.5. The first-order valence-electron chi connectivity index (χ1n) is 8.72. The molecular formula is C18H22ClN3O4S2. The summed E-state index contributed by atoms with van der Waals surface area (Å²) in [6.45, 7) is 4.69. The zero-order valence-corrected chi connectivity index (χ0v) is 18.0. The van der Waals surface area contributed by atoms with Crippen molar-refractivity contribution in [3.63, 3.8) is 0 Å². The number of amides is 1. The average Bonchev–Trinajstić information content (AvgIpc) is 3.11. The molecule has 152 valence electrons. The van der Waals surface area contributed by atoms with E-state index in [0.717, 1.165) is 40.0 Å². The van der Waals surface area contributed by atoms with E-state index in [9.17, 15) is 13.2 Å². The van der Waals surface area contributed by atoms with E-state index >= 15 is 0 Å². The van der Waals surface area contributed by atoms with Gasteiger partial charge in [-0.25, -0.2) is 8.42 Å². The summed E-state index contributed by atoms with van der Waals surface area (Å²) in [6, 6.07) is 8.75. The Kier molecular flexibility index (Phi) is 6.61. The Hall–Kier alpha value is -1.65. The van der Waals surface area contributed by atoms with E-state index < -0.39 is 15.9 Å². The fraction of sp³-hybridized carbons (Fsp3) is 0.389. The second-order valence-electron chi connectivity index (χ2n) is 6.47. The topological polar surface area (TPSA) is 79.0 Å². The lowest BCUT2D eigenvalue weighted by atomic mass is 10.1. The zero-order chi connectivity index (χ0) is 20.3. The third-order valence-electron chi connectivity index (χ3n) is 4.44. The lowest BCUT2D eigenvalue weighted by Gasteiger charge is -2.29. The molecule has 7 nitrogen and oxygen atoms in total. The predicted octanol–water partition coefficient (Wildman–Crippen LogP) is 2.81. The Morgan fingerprint density at radius 2 is 2.00 bits per heavy atom. The van der Waals surface area contributed by atoms with Crippen LogP contribution >= 0.6 is 22.9 Å². The summed E-state index contributed by atoms with van der Waals surface area (Å²) in [5, 5.41) is 2.79. The van der Waals surface area contributed by atoms with Gasteiger partial charge in [-0.3, -0.25) is 4.79 Å². The number of anilines is 2. The quantitative estimate of drug-likeness (QED) is 0.742. The van der Waals surface area contributed by atoms with Gasteiger partial charge in [0.2, 0.25) is 5.91 Å². The van der Waals surface area contributed by atoms with E-state index in [1.165, 1.54) is 19.2 Å². The summed E-state index contributed by atoms with van der Waals surface area (Å²) in [6.07, 6.45) is 0. The minimum absolute atomic E-state index is 0.110. The normalized spacial score (nSPS) is 15.1. The van der Waals surface area contributed by atoms with Crippen molar-refractivity contribution in [2.45, 2.75) is 11.1 Å². The molecule has 0 radical (unpaired) electrons. The van der Waals surface area contributed by atoms with Gasteiger partial charge in [0.15, 0.2) is 0 Å². The van der Waals surface area contributed by atoms with Gasteiger partial charge in [-0.05, 0) is 42.8 Å². The maximum absolute atomic E-state index is 12.5. The number of rotatable bonds is 6. The van der Waals surface area contributed by atoms with Crippen LogP contribution in [-0.2, 0) is 19.6 Å². The zero-order valence-electron chi connectivity index (χ0n) is 15.6. The smallest absolute Gasteiger partial charge is 0.252 e.